The summed E-state index contributed by atoms with van der Waals surface area (Å²) in [6, 6.07) is 11.9. The number of carbonyl (C=O) groups is 1. The van der Waals surface area contributed by atoms with E-state index < -0.39 is 0 Å². The van der Waals surface area contributed by atoms with Gasteiger partial charge in [0.15, 0.2) is 0 Å². The lowest BCUT2D eigenvalue weighted by molar-refractivity contribution is 0.0733. The zero-order valence-electron chi connectivity index (χ0n) is 13.7. The Balaban J connectivity index is 1.81. The molecule has 0 aliphatic carbocycles. The normalized spacial score (nSPS) is 10.6. The SMILES string of the molecule is CN(C)c1ccc(C(=O)N(Cc2cccs2)Cc2cccs2)cn1. The minimum atomic E-state index is 0.00889. The summed E-state index contributed by atoms with van der Waals surface area (Å²) >= 11 is 3.34. The molecule has 0 saturated carbocycles. The van der Waals surface area contributed by atoms with Gasteiger partial charge in [0.25, 0.3) is 5.91 Å². The average molecular weight is 358 g/mol. The van der Waals surface area contributed by atoms with Gasteiger partial charge >= 0.3 is 0 Å². The first kappa shape index (κ1) is 16.7. The third-order valence-corrected chi connectivity index (χ3v) is 5.32. The molecule has 6 heteroatoms. The molecule has 0 atom stereocenters. The van der Waals surface area contributed by atoms with Gasteiger partial charge in [-0.3, -0.25) is 4.79 Å². The number of pyridine rings is 1. The van der Waals surface area contributed by atoms with E-state index in [1.807, 2.05) is 58.9 Å². The number of aromatic nitrogens is 1. The number of hydrogen-bond acceptors (Lipinski definition) is 5. The van der Waals surface area contributed by atoms with Gasteiger partial charge in [0.1, 0.15) is 5.82 Å². The van der Waals surface area contributed by atoms with E-state index in [1.54, 1.807) is 28.9 Å². The monoisotopic (exact) mass is 357 g/mol. The van der Waals surface area contributed by atoms with E-state index in [9.17, 15) is 4.79 Å². The van der Waals surface area contributed by atoms with E-state index in [0.717, 1.165) is 5.82 Å². The van der Waals surface area contributed by atoms with Crippen LogP contribution in [-0.2, 0) is 13.1 Å². The van der Waals surface area contributed by atoms with Crippen molar-refractivity contribution in [2.75, 3.05) is 19.0 Å². The lowest BCUT2D eigenvalue weighted by Gasteiger charge is -2.22. The van der Waals surface area contributed by atoms with Gasteiger partial charge in [0.2, 0.25) is 0 Å². The van der Waals surface area contributed by atoms with Crippen molar-refractivity contribution in [2.45, 2.75) is 13.1 Å². The van der Waals surface area contributed by atoms with Crippen LogP contribution in [0.15, 0.2) is 53.4 Å². The summed E-state index contributed by atoms with van der Waals surface area (Å²) in [5.74, 6) is 0.851. The van der Waals surface area contributed by atoms with Gasteiger partial charge in [0, 0.05) is 30.0 Å². The first-order valence-electron chi connectivity index (χ1n) is 7.61. The Kier molecular flexibility index (Phi) is 5.27. The maximum absolute atomic E-state index is 13.0. The van der Waals surface area contributed by atoms with Gasteiger partial charge in [-0.25, -0.2) is 4.98 Å². The molecule has 3 aromatic heterocycles. The standard InChI is InChI=1S/C18H19N3OS2/c1-20(2)17-8-7-14(11-19-17)18(22)21(12-15-5-3-9-23-15)13-16-6-4-10-24-16/h3-11H,12-13H2,1-2H3. The minimum Gasteiger partial charge on any atom is -0.363 e. The second-order valence-corrected chi connectivity index (χ2v) is 7.68. The number of nitrogens with zero attached hydrogens (tertiary/aromatic N) is 3. The zero-order chi connectivity index (χ0) is 16.9. The molecule has 0 aliphatic rings. The molecule has 3 rings (SSSR count). The first-order chi connectivity index (χ1) is 11.6. The fourth-order valence-corrected chi connectivity index (χ4v) is 3.78. The van der Waals surface area contributed by atoms with Gasteiger partial charge in [-0.2, -0.15) is 0 Å². The molecule has 0 bridgehead atoms. The quantitative estimate of drug-likeness (QED) is 0.666. The predicted molar refractivity (Wildman–Crippen MR) is 101 cm³/mol. The van der Waals surface area contributed by atoms with Crippen molar-refractivity contribution >= 4 is 34.4 Å². The second-order valence-electron chi connectivity index (χ2n) is 5.62. The van der Waals surface area contributed by atoms with Crippen molar-refractivity contribution in [1.29, 1.82) is 0 Å². The minimum absolute atomic E-state index is 0.00889. The number of carbonyl (C=O) groups excluding carboxylic acids is 1. The molecular formula is C18H19N3OS2. The number of amides is 1. The lowest BCUT2D eigenvalue weighted by atomic mass is 10.2. The summed E-state index contributed by atoms with van der Waals surface area (Å²) in [5, 5.41) is 4.08. The van der Waals surface area contributed by atoms with Crippen molar-refractivity contribution < 1.29 is 4.79 Å². The van der Waals surface area contributed by atoms with Gasteiger partial charge in [-0.1, -0.05) is 12.1 Å². The van der Waals surface area contributed by atoms with E-state index in [4.69, 9.17) is 0 Å². The Morgan fingerprint density at radius 1 is 1.00 bits per heavy atom. The average Bonchev–Trinajstić information content (AvgIpc) is 3.27. The number of thiophene rings is 2. The zero-order valence-corrected chi connectivity index (χ0v) is 15.3. The van der Waals surface area contributed by atoms with Crippen LogP contribution in [0.2, 0.25) is 0 Å². The molecule has 0 N–H and O–H groups in total. The molecule has 124 valence electrons. The summed E-state index contributed by atoms with van der Waals surface area (Å²) in [5.41, 5.74) is 0.619. The highest BCUT2D eigenvalue weighted by Crippen LogP contribution is 2.20. The second kappa shape index (κ2) is 7.59. The number of rotatable bonds is 6. The Morgan fingerprint density at radius 3 is 2.04 bits per heavy atom. The summed E-state index contributed by atoms with van der Waals surface area (Å²) in [6.45, 7) is 1.23. The van der Waals surface area contributed by atoms with Crippen LogP contribution in [0.25, 0.3) is 0 Å². The third-order valence-electron chi connectivity index (χ3n) is 3.59. The van der Waals surface area contributed by atoms with Crippen LogP contribution in [0.3, 0.4) is 0 Å². The number of anilines is 1. The van der Waals surface area contributed by atoms with Gasteiger partial charge in [0.05, 0.1) is 18.7 Å². The van der Waals surface area contributed by atoms with E-state index in [1.165, 1.54) is 9.75 Å². The van der Waals surface area contributed by atoms with E-state index in [-0.39, 0.29) is 5.91 Å². The third kappa shape index (κ3) is 4.01. The van der Waals surface area contributed by atoms with Crippen molar-refractivity contribution in [3.8, 4) is 0 Å². The Morgan fingerprint density at radius 2 is 1.62 bits per heavy atom. The highest BCUT2D eigenvalue weighted by atomic mass is 32.1. The molecule has 0 unspecified atom stereocenters. The van der Waals surface area contributed by atoms with Gasteiger partial charge in [-0.15, -0.1) is 22.7 Å². The molecule has 0 fully saturated rings. The van der Waals surface area contributed by atoms with Crippen LogP contribution < -0.4 is 4.90 Å². The number of hydrogen-bond donors (Lipinski definition) is 0. The van der Waals surface area contributed by atoms with Crippen molar-refractivity contribution in [3.05, 3.63) is 68.7 Å². The van der Waals surface area contributed by atoms with Crippen LogP contribution in [0, 0.1) is 0 Å². The van der Waals surface area contributed by atoms with Crippen LogP contribution >= 0.6 is 22.7 Å². The fourth-order valence-electron chi connectivity index (χ4n) is 2.34. The first-order valence-corrected chi connectivity index (χ1v) is 9.37. The smallest absolute Gasteiger partial charge is 0.256 e. The predicted octanol–water partition coefficient (Wildman–Crippen LogP) is 4.11. The largest absolute Gasteiger partial charge is 0.363 e. The Labute approximate surface area is 150 Å². The van der Waals surface area contributed by atoms with Crippen LogP contribution in [0.5, 0.6) is 0 Å². The van der Waals surface area contributed by atoms with E-state index >= 15 is 0 Å². The van der Waals surface area contributed by atoms with Crippen molar-refractivity contribution in [1.82, 2.24) is 9.88 Å². The molecule has 1 amide bonds. The maximum Gasteiger partial charge on any atom is 0.256 e. The van der Waals surface area contributed by atoms with Crippen molar-refractivity contribution in [2.24, 2.45) is 0 Å². The Hall–Kier alpha value is -2.18. The molecule has 4 nitrogen and oxygen atoms in total. The summed E-state index contributed by atoms with van der Waals surface area (Å²) in [6.07, 6.45) is 1.66. The molecule has 0 radical (unpaired) electrons. The van der Waals surface area contributed by atoms with Crippen LogP contribution in [0.4, 0.5) is 5.82 Å². The fraction of sp³-hybridized carbons (Fsp3) is 0.222. The molecular weight excluding hydrogens is 338 g/mol. The molecule has 0 spiro atoms. The molecule has 3 aromatic rings. The summed E-state index contributed by atoms with van der Waals surface area (Å²) in [4.78, 5) is 23.5. The van der Waals surface area contributed by atoms with E-state index in [0.29, 0.717) is 18.7 Å². The van der Waals surface area contributed by atoms with Gasteiger partial charge < -0.3 is 9.80 Å². The lowest BCUT2D eigenvalue weighted by Crippen LogP contribution is -2.29. The maximum atomic E-state index is 13.0. The summed E-state index contributed by atoms with van der Waals surface area (Å²) in [7, 11) is 3.87. The molecule has 3 heterocycles. The highest BCUT2D eigenvalue weighted by molar-refractivity contribution is 7.10. The highest BCUT2D eigenvalue weighted by Gasteiger charge is 2.18. The van der Waals surface area contributed by atoms with Crippen molar-refractivity contribution in [3.63, 3.8) is 0 Å². The van der Waals surface area contributed by atoms with Crippen LogP contribution in [-0.4, -0.2) is 29.9 Å². The Bertz CT molecular complexity index is 729. The van der Waals surface area contributed by atoms with Gasteiger partial charge in [-0.05, 0) is 35.0 Å². The summed E-state index contributed by atoms with van der Waals surface area (Å²) < 4.78 is 0. The van der Waals surface area contributed by atoms with E-state index in [2.05, 4.69) is 17.1 Å². The molecule has 0 aliphatic heterocycles. The molecule has 0 aromatic carbocycles. The topological polar surface area (TPSA) is 36.4 Å². The van der Waals surface area contributed by atoms with Crippen LogP contribution in [0.1, 0.15) is 20.1 Å². The molecule has 0 saturated heterocycles. The molecule has 24 heavy (non-hydrogen) atoms.